The Kier molecular flexibility index (Phi) is 8.84. The summed E-state index contributed by atoms with van der Waals surface area (Å²) in [5.41, 5.74) is 8.91. The van der Waals surface area contributed by atoms with Gasteiger partial charge in [0.1, 0.15) is 5.75 Å². The fourth-order valence-electron chi connectivity index (χ4n) is 4.52. The third-order valence-corrected chi connectivity index (χ3v) is 5.91. The minimum absolute atomic E-state index is 0. The van der Waals surface area contributed by atoms with Crippen molar-refractivity contribution in [3.05, 3.63) is 48.7 Å². The lowest BCUT2D eigenvalue weighted by Gasteiger charge is -2.51. The molecule has 0 radical (unpaired) electrons. The van der Waals surface area contributed by atoms with Crippen molar-refractivity contribution in [2.75, 3.05) is 20.2 Å². The van der Waals surface area contributed by atoms with Crippen molar-refractivity contribution in [3.63, 3.8) is 0 Å². The molecular weight excluding hydrogens is 405 g/mol. The molecule has 1 aromatic carbocycles. The Balaban J connectivity index is 0.00000121. The Labute approximate surface area is 179 Å². The van der Waals surface area contributed by atoms with Gasteiger partial charge in [-0.05, 0) is 61.1 Å². The molecule has 7 heteroatoms. The second-order valence-corrected chi connectivity index (χ2v) is 7.06. The zero-order valence-electron chi connectivity index (χ0n) is 15.4. The molecule has 3 fully saturated rings. The number of nitrogens with zero attached hydrogens (tertiary/aromatic N) is 2. The predicted octanol–water partition coefficient (Wildman–Crippen LogP) is 4.41. The number of methoxy groups -OCH3 is 1. The van der Waals surface area contributed by atoms with E-state index in [0.717, 1.165) is 42.1 Å². The molecule has 27 heavy (non-hydrogen) atoms. The molecule has 1 aromatic heterocycles. The maximum atomic E-state index is 6.76. The van der Waals surface area contributed by atoms with E-state index >= 15 is 0 Å². The zero-order valence-corrected chi connectivity index (χ0v) is 17.9. The maximum absolute atomic E-state index is 6.76. The molecule has 4 heterocycles. The summed E-state index contributed by atoms with van der Waals surface area (Å²) in [7, 11) is 1.69. The van der Waals surface area contributed by atoms with E-state index in [1.165, 1.54) is 12.0 Å². The van der Waals surface area contributed by atoms with Crippen molar-refractivity contribution in [3.8, 4) is 5.75 Å². The summed E-state index contributed by atoms with van der Waals surface area (Å²) in [6.07, 6.45) is 6.43. The van der Waals surface area contributed by atoms with E-state index in [0.29, 0.717) is 12.0 Å². The maximum Gasteiger partial charge on any atom is 0.119 e. The number of fused-ring (bicyclic) bond motifs is 4. The first kappa shape index (κ1) is 24.0. The number of hydrogen-bond donors (Lipinski definition) is 1. The molecule has 0 spiro atoms. The average molecular weight is 433 g/mol. The number of hydrogen-bond acceptors (Lipinski definition) is 4. The third kappa shape index (κ3) is 4.36. The van der Waals surface area contributed by atoms with Crippen LogP contribution >= 0.6 is 37.2 Å². The number of ether oxygens (including phenoxy) is 1. The van der Waals surface area contributed by atoms with Gasteiger partial charge in [-0.15, -0.1) is 43.8 Å². The van der Waals surface area contributed by atoms with E-state index in [-0.39, 0.29) is 43.3 Å². The van der Waals surface area contributed by atoms with Crippen LogP contribution in [0.15, 0.2) is 43.1 Å². The van der Waals surface area contributed by atoms with Crippen LogP contribution in [0.1, 0.15) is 24.4 Å². The van der Waals surface area contributed by atoms with Crippen molar-refractivity contribution in [2.24, 2.45) is 17.6 Å². The Bertz CT molecular complexity index is 773. The number of rotatable bonds is 4. The van der Waals surface area contributed by atoms with Crippen molar-refractivity contribution < 1.29 is 4.74 Å². The van der Waals surface area contributed by atoms with Gasteiger partial charge in [-0.3, -0.25) is 9.88 Å². The highest BCUT2D eigenvalue weighted by Gasteiger charge is 2.41. The summed E-state index contributed by atoms with van der Waals surface area (Å²) in [6, 6.07) is 8.48. The summed E-state index contributed by atoms with van der Waals surface area (Å²) >= 11 is 0. The Morgan fingerprint density at radius 1 is 1.30 bits per heavy atom. The minimum Gasteiger partial charge on any atom is -0.497 e. The van der Waals surface area contributed by atoms with E-state index in [1.807, 2.05) is 18.3 Å². The Morgan fingerprint density at radius 3 is 2.70 bits per heavy atom. The number of nitrogens with two attached hydrogens (primary N) is 1. The van der Waals surface area contributed by atoms with Crippen LogP contribution in [0, 0.1) is 11.8 Å². The summed E-state index contributed by atoms with van der Waals surface area (Å²) in [6.45, 7) is 6.26. The largest absolute Gasteiger partial charge is 0.497 e. The minimum atomic E-state index is -0.00354. The first-order valence-corrected chi connectivity index (χ1v) is 8.76. The van der Waals surface area contributed by atoms with E-state index in [2.05, 4.69) is 34.7 Å². The van der Waals surface area contributed by atoms with Gasteiger partial charge in [0.25, 0.3) is 0 Å². The van der Waals surface area contributed by atoms with Crippen LogP contribution in [0.25, 0.3) is 10.9 Å². The van der Waals surface area contributed by atoms with Gasteiger partial charge in [-0.2, -0.15) is 0 Å². The highest BCUT2D eigenvalue weighted by Crippen LogP contribution is 2.41. The third-order valence-electron chi connectivity index (χ3n) is 5.91. The van der Waals surface area contributed by atoms with Gasteiger partial charge < -0.3 is 10.5 Å². The molecule has 2 aromatic rings. The first-order valence-electron chi connectivity index (χ1n) is 8.76. The SMILES string of the molecule is C=CC1CN2CCC1C[C@@H]2C(N)c1ccnc2ccc(OC)cc12.Cl.Cl.Cl. The van der Waals surface area contributed by atoms with Crippen LogP contribution in [-0.2, 0) is 0 Å². The van der Waals surface area contributed by atoms with E-state index in [9.17, 15) is 0 Å². The van der Waals surface area contributed by atoms with Gasteiger partial charge in [0.05, 0.1) is 12.6 Å². The molecule has 5 atom stereocenters. The molecule has 4 nitrogen and oxygen atoms in total. The summed E-state index contributed by atoms with van der Waals surface area (Å²) in [5, 5.41) is 1.10. The van der Waals surface area contributed by atoms with Crippen molar-refractivity contribution in [1.82, 2.24) is 9.88 Å². The lowest BCUT2D eigenvalue weighted by atomic mass is 9.73. The fraction of sp³-hybridized carbons (Fsp3) is 0.450. The van der Waals surface area contributed by atoms with E-state index in [1.54, 1.807) is 7.11 Å². The van der Waals surface area contributed by atoms with Crippen LogP contribution < -0.4 is 10.5 Å². The van der Waals surface area contributed by atoms with E-state index in [4.69, 9.17) is 10.5 Å². The molecule has 5 rings (SSSR count). The van der Waals surface area contributed by atoms with Crippen LogP contribution in [0.4, 0.5) is 0 Å². The van der Waals surface area contributed by atoms with Gasteiger partial charge >= 0.3 is 0 Å². The van der Waals surface area contributed by atoms with Crippen molar-refractivity contribution in [1.29, 1.82) is 0 Å². The smallest absolute Gasteiger partial charge is 0.119 e. The van der Waals surface area contributed by atoms with Crippen molar-refractivity contribution in [2.45, 2.75) is 24.9 Å². The fourth-order valence-corrected chi connectivity index (χ4v) is 4.52. The molecule has 2 N–H and O–H groups in total. The zero-order chi connectivity index (χ0) is 16.7. The lowest BCUT2D eigenvalue weighted by molar-refractivity contribution is 0.00749. The van der Waals surface area contributed by atoms with Gasteiger partial charge in [-0.1, -0.05) is 6.08 Å². The van der Waals surface area contributed by atoms with Crippen LogP contribution in [-0.4, -0.2) is 36.1 Å². The highest BCUT2D eigenvalue weighted by molar-refractivity contribution is 5.86. The number of pyridine rings is 1. The molecule has 3 saturated heterocycles. The number of halogens is 3. The number of piperidine rings is 3. The molecule has 4 unspecified atom stereocenters. The van der Waals surface area contributed by atoms with Gasteiger partial charge in [0.2, 0.25) is 0 Å². The second kappa shape index (κ2) is 9.94. The molecule has 0 aliphatic carbocycles. The topological polar surface area (TPSA) is 51.4 Å². The average Bonchev–Trinajstić information content (AvgIpc) is 2.66. The van der Waals surface area contributed by atoms with Crippen LogP contribution in [0.3, 0.4) is 0 Å². The molecule has 2 bridgehead atoms. The van der Waals surface area contributed by atoms with Crippen LogP contribution in [0.5, 0.6) is 5.75 Å². The predicted molar refractivity (Wildman–Crippen MR) is 119 cm³/mol. The van der Waals surface area contributed by atoms with Gasteiger partial charge in [-0.25, -0.2) is 0 Å². The number of aromatic nitrogens is 1. The van der Waals surface area contributed by atoms with Crippen LogP contribution in [0.2, 0.25) is 0 Å². The standard InChI is InChI=1S/C20H25N3O.3ClH/c1-3-13-12-23-9-7-14(13)10-19(23)20(21)16-6-8-22-18-5-4-15(24-2)11-17(16)18;;;/h3-6,8,11,13-14,19-20H,1,7,9-10,12,21H2,2H3;3*1H/t13?,14?,19-,20?;;;/m1.../s1. The Morgan fingerprint density at radius 2 is 2.07 bits per heavy atom. The monoisotopic (exact) mass is 431 g/mol. The summed E-state index contributed by atoms with van der Waals surface area (Å²) in [4.78, 5) is 7.04. The molecule has 0 saturated carbocycles. The highest BCUT2D eigenvalue weighted by atomic mass is 35.5. The first-order chi connectivity index (χ1) is 11.7. The molecule has 3 aliphatic rings. The Hall–Kier alpha value is -1.04. The van der Waals surface area contributed by atoms with Gasteiger partial charge in [0, 0.05) is 30.2 Å². The molecule has 0 amide bonds. The van der Waals surface area contributed by atoms with Gasteiger partial charge in [0.15, 0.2) is 0 Å². The lowest BCUT2D eigenvalue weighted by Crippen LogP contribution is -2.56. The normalized spacial score (nSPS) is 26.9. The molecule has 150 valence electrons. The second-order valence-electron chi connectivity index (χ2n) is 7.06. The summed E-state index contributed by atoms with van der Waals surface area (Å²) in [5.74, 6) is 2.20. The molecular formula is C20H28Cl3N3O. The number of benzene rings is 1. The molecule has 3 aliphatic heterocycles. The van der Waals surface area contributed by atoms with Crippen molar-refractivity contribution >= 4 is 48.1 Å². The quantitative estimate of drug-likeness (QED) is 0.727. The summed E-state index contributed by atoms with van der Waals surface area (Å²) < 4.78 is 5.39. The van der Waals surface area contributed by atoms with E-state index < -0.39 is 0 Å².